The van der Waals surface area contributed by atoms with Gasteiger partial charge in [0.2, 0.25) is 10.0 Å². The molecule has 23 heavy (non-hydrogen) atoms. The Kier molecular flexibility index (Phi) is 11.2. The van der Waals surface area contributed by atoms with Gasteiger partial charge in [0.05, 0.1) is 30.8 Å². The zero-order chi connectivity index (χ0) is 17.9. The second-order valence-electron chi connectivity index (χ2n) is 5.67. The van der Waals surface area contributed by atoms with Crippen molar-refractivity contribution < 1.29 is 26.3 Å². The van der Waals surface area contributed by atoms with E-state index in [1.807, 2.05) is 13.8 Å². The molecule has 0 aliphatic carbocycles. The lowest BCUT2D eigenvalue weighted by Crippen LogP contribution is -2.32. The molecule has 10 heteroatoms. The predicted molar refractivity (Wildman–Crippen MR) is 90.6 cm³/mol. The highest BCUT2D eigenvalue weighted by Gasteiger charge is 2.15. The SMILES string of the molecule is CC(C)NCCOCS(=O)(=O)NCCOCCS(=O)(=O)C(C)C. The van der Waals surface area contributed by atoms with Gasteiger partial charge in [-0.3, -0.25) is 0 Å². The standard InChI is InChI=1S/C13H30N2O6S2/c1-12(2)14-5-7-21-11-23(18,19)15-6-8-20-9-10-22(16,17)13(3)4/h12-15H,5-11H2,1-4H3. The molecule has 0 atom stereocenters. The molecule has 140 valence electrons. The number of nitrogens with one attached hydrogen (secondary N) is 2. The van der Waals surface area contributed by atoms with Crippen molar-refractivity contribution in [2.45, 2.75) is 39.0 Å². The fourth-order valence-electron chi connectivity index (χ4n) is 1.41. The Labute approximate surface area is 140 Å². The number of ether oxygens (including phenoxy) is 2. The van der Waals surface area contributed by atoms with Crippen molar-refractivity contribution >= 4 is 19.9 Å². The molecule has 0 aromatic carbocycles. The Hall–Kier alpha value is -0.260. The minimum absolute atomic E-state index is 0.0552. The van der Waals surface area contributed by atoms with Crippen LogP contribution in [0.1, 0.15) is 27.7 Å². The first-order valence-corrected chi connectivity index (χ1v) is 11.0. The van der Waals surface area contributed by atoms with Crippen LogP contribution in [0.5, 0.6) is 0 Å². The molecule has 0 aliphatic rings. The fourth-order valence-corrected chi connectivity index (χ4v) is 3.05. The molecule has 0 bridgehead atoms. The average molecular weight is 375 g/mol. The molecular formula is C13H30N2O6S2. The molecule has 0 aliphatic heterocycles. The molecule has 0 aromatic rings. The highest BCUT2D eigenvalue weighted by molar-refractivity contribution is 7.92. The second-order valence-corrected chi connectivity index (χ2v) is 10.1. The minimum Gasteiger partial charge on any atom is -0.379 e. The molecule has 0 amide bonds. The van der Waals surface area contributed by atoms with Gasteiger partial charge in [0.15, 0.2) is 15.8 Å². The number of sulfone groups is 1. The van der Waals surface area contributed by atoms with Gasteiger partial charge in [0.1, 0.15) is 0 Å². The summed E-state index contributed by atoms with van der Waals surface area (Å²) >= 11 is 0. The first-order chi connectivity index (χ1) is 10.6. The maximum absolute atomic E-state index is 11.6. The summed E-state index contributed by atoms with van der Waals surface area (Å²) in [5.41, 5.74) is 0. The minimum atomic E-state index is -3.51. The summed E-state index contributed by atoms with van der Waals surface area (Å²) < 4.78 is 58.8. The monoisotopic (exact) mass is 374 g/mol. The third-order valence-corrected chi connectivity index (χ3v) is 6.13. The second kappa shape index (κ2) is 11.3. The summed E-state index contributed by atoms with van der Waals surface area (Å²) in [4.78, 5) is 0. The first kappa shape index (κ1) is 22.7. The molecular weight excluding hydrogens is 344 g/mol. The van der Waals surface area contributed by atoms with E-state index >= 15 is 0 Å². The van der Waals surface area contributed by atoms with Gasteiger partial charge < -0.3 is 14.8 Å². The zero-order valence-electron chi connectivity index (χ0n) is 14.4. The van der Waals surface area contributed by atoms with Gasteiger partial charge in [-0.1, -0.05) is 13.8 Å². The predicted octanol–water partition coefficient (Wildman–Crippen LogP) is -0.282. The maximum Gasteiger partial charge on any atom is 0.235 e. The van der Waals surface area contributed by atoms with Crippen LogP contribution in [0.4, 0.5) is 0 Å². The van der Waals surface area contributed by atoms with Gasteiger partial charge in [-0.25, -0.2) is 21.6 Å². The number of rotatable bonds is 14. The lowest BCUT2D eigenvalue weighted by atomic mass is 10.4. The van der Waals surface area contributed by atoms with Crippen molar-refractivity contribution in [3.05, 3.63) is 0 Å². The Morgan fingerprint density at radius 3 is 2.04 bits per heavy atom. The summed E-state index contributed by atoms with van der Waals surface area (Å²) in [6, 6.07) is 0.324. The normalized spacial score (nSPS) is 13.1. The van der Waals surface area contributed by atoms with E-state index in [9.17, 15) is 16.8 Å². The van der Waals surface area contributed by atoms with Gasteiger partial charge in [0.25, 0.3) is 0 Å². The van der Waals surface area contributed by atoms with Crippen LogP contribution in [0, 0.1) is 0 Å². The highest BCUT2D eigenvalue weighted by Crippen LogP contribution is 2.00. The van der Waals surface area contributed by atoms with Crippen LogP contribution in [-0.2, 0) is 29.3 Å². The van der Waals surface area contributed by atoms with Crippen LogP contribution >= 0.6 is 0 Å². The van der Waals surface area contributed by atoms with Crippen molar-refractivity contribution in [1.82, 2.24) is 10.0 Å². The number of hydrogen-bond donors (Lipinski definition) is 2. The fraction of sp³-hybridized carbons (Fsp3) is 1.00. The molecule has 0 unspecified atom stereocenters. The van der Waals surface area contributed by atoms with E-state index in [1.54, 1.807) is 13.8 Å². The topological polar surface area (TPSA) is 111 Å². The van der Waals surface area contributed by atoms with Crippen molar-refractivity contribution in [3.8, 4) is 0 Å². The van der Waals surface area contributed by atoms with E-state index in [-0.39, 0.29) is 25.5 Å². The Bertz CT molecular complexity index is 503. The smallest absolute Gasteiger partial charge is 0.235 e. The van der Waals surface area contributed by atoms with Gasteiger partial charge in [-0.05, 0) is 13.8 Å². The van der Waals surface area contributed by atoms with Crippen LogP contribution in [0.3, 0.4) is 0 Å². The van der Waals surface area contributed by atoms with Gasteiger partial charge in [-0.2, -0.15) is 0 Å². The lowest BCUT2D eigenvalue weighted by molar-refractivity contribution is 0.153. The average Bonchev–Trinajstić information content (AvgIpc) is 2.41. The van der Waals surface area contributed by atoms with E-state index < -0.39 is 31.0 Å². The molecule has 0 spiro atoms. The van der Waals surface area contributed by atoms with E-state index in [1.165, 1.54) is 0 Å². The van der Waals surface area contributed by atoms with E-state index in [4.69, 9.17) is 9.47 Å². The molecule has 2 N–H and O–H groups in total. The third-order valence-electron chi connectivity index (χ3n) is 2.84. The lowest BCUT2D eigenvalue weighted by Gasteiger charge is -2.10. The van der Waals surface area contributed by atoms with Crippen molar-refractivity contribution in [2.24, 2.45) is 0 Å². The Morgan fingerprint density at radius 1 is 0.870 bits per heavy atom. The van der Waals surface area contributed by atoms with E-state index in [2.05, 4.69) is 10.0 Å². The molecule has 0 saturated carbocycles. The van der Waals surface area contributed by atoms with Crippen molar-refractivity contribution in [3.63, 3.8) is 0 Å². The van der Waals surface area contributed by atoms with Crippen LogP contribution in [0.2, 0.25) is 0 Å². The maximum atomic E-state index is 11.6. The Morgan fingerprint density at radius 2 is 1.48 bits per heavy atom. The summed E-state index contributed by atoms with van der Waals surface area (Å²) in [7, 11) is -6.64. The van der Waals surface area contributed by atoms with Crippen LogP contribution in [0.15, 0.2) is 0 Å². The van der Waals surface area contributed by atoms with Gasteiger partial charge in [0, 0.05) is 19.1 Å². The largest absolute Gasteiger partial charge is 0.379 e. The van der Waals surface area contributed by atoms with Gasteiger partial charge >= 0.3 is 0 Å². The summed E-state index contributed by atoms with van der Waals surface area (Å²) in [5, 5.41) is 2.67. The molecule has 0 saturated heterocycles. The number of sulfonamides is 1. The summed E-state index contributed by atoms with van der Waals surface area (Å²) in [6.45, 7) is 8.35. The molecule has 8 nitrogen and oxygen atoms in total. The highest BCUT2D eigenvalue weighted by atomic mass is 32.2. The number of hydrogen-bond acceptors (Lipinski definition) is 7. The summed E-state index contributed by atoms with van der Waals surface area (Å²) in [5.74, 6) is -0.474. The molecule has 0 aromatic heterocycles. The molecule has 0 rings (SSSR count). The molecule has 0 radical (unpaired) electrons. The van der Waals surface area contributed by atoms with Crippen LogP contribution in [-0.4, -0.2) is 72.7 Å². The molecule has 0 heterocycles. The van der Waals surface area contributed by atoms with E-state index in [0.29, 0.717) is 19.2 Å². The van der Waals surface area contributed by atoms with Gasteiger partial charge in [-0.15, -0.1) is 0 Å². The van der Waals surface area contributed by atoms with Crippen molar-refractivity contribution in [1.29, 1.82) is 0 Å². The van der Waals surface area contributed by atoms with E-state index in [0.717, 1.165) is 0 Å². The van der Waals surface area contributed by atoms with Crippen LogP contribution < -0.4 is 10.0 Å². The van der Waals surface area contributed by atoms with Crippen molar-refractivity contribution in [2.75, 3.05) is 44.6 Å². The van der Waals surface area contributed by atoms with Crippen LogP contribution in [0.25, 0.3) is 0 Å². The Balaban J connectivity index is 3.71. The third kappa shape index (κ3) is 12.8. The zero-order valence-corrected chi connectivity index (χ0v) is 16.0. The first-order valence-electron chi connectivity index (χ1n) is 7.64. The molecule has 0 fully saturated rings. The summed E-state index contributed by atoms with van der Waals surface area (Å²) in [6.07, 6.45) is 0. The quantitative estimate of drug-likeness (QED) is 0.402.